The molecule has 232 valence electrons. The lowest BCUT2D eigenvalue weighted by Crippen LogP contribution is -2.38. The topological polar surface area (TPSA) is 97.1 Å². The van der Waals surface area contributed by atoms with Gasteiger partial charge in [-0.25, -0.2) is 9.59 Å². The van der Waals surface area contributed by atoms with E-state index < -0.39 is 6.03 Å². The van der Waals surface area contributed by atoms with Gasteiger partial charge in [0.1, 0.15) is 0 Å². The molecule has 4 aromatic carbocycles. The van der Waals surface area contributed by atoms with Crippen molar-refractivity contribution in [2.24, 2.45) is 5.73 Å². The van der Waals surface area contributed by atoms with Crippen molar-refractivity contribution in [2.45, 2.75) is 0 Å². The Labute approximate surface area is 272 Å². The summed E-state index contributed by atoms with van der Waals surface area (Å²) in [6.45, 7) is 1.77. The Balaban J connectivity index is 0.000000181. The molecule has 0 bridgehead atoms. The summed E-state index contributed by atoms with van der Waals surface area (Å²) in [7, 11) is 3.30. The number of methoxy groups -OCH3 is 2. The second kappa shape index (κ2) is 17.0. The number of amides is 4. The molecule has 6 rings (SSSR count). The van der Waals surface area contributed by atoms with Gasteiger partial charge < -0.3 is 20.5 Å². The van der Waals surface area contributed by atoms with Crippen molar-refractivity contribution in [3.63, 3.8) is 0 Å². The van der Waals surface area contributed by atoms with Crippen molar-refractivity contribution in [1.82, 2.24) is 5.32 Å². The molecule has 4 amide bonds. The van der Waals surface area contributed by atoms with Crippen molar-refractivity contribution in [2.75, 3.05) is 49.1 Å². The fourth-order valence-electron chi connectivity index (χ4n) is 4.82. The molecule has 45 heavy (non-hydrogen) atoms. The summed E-state index contributed by atoms with van der Waals surface area (Å²) in [6, 6.07) is 30.5. The Morgan fingerprint density at radius 3 is 1.29 bits per heavy atom. The molecule has 0 radical (unpaired) electrons. The molecule has 2 heterocycles. The quantitative estimate of drug-likeness (QED) is 0.166. The summed E-state index contributed by atoms with van der Waals surface area (Å²) in [5.41, 5.74) is 12.9. The van der Waals surface area contributed by atoms with Crippen LogP contribution in [0.1, 0.15) is 22.3 Å². The maximum absolute atomic E-state index is 12.7. The van der Waals surface area contributed by atoms with Crippen LogP contribution in [-0.2, 0) is 9.47 Å². The summed E-state index contributed by atoms with van der Waals surface area (Å²) in [6.07, 6.45) is 8.07. The van der Waals surface area contributed by atoms with Crippen LogP contribution in [0, 0.1) is 0 Å². The Kier molecular flexibility index (Phi) is 12.5. The molecule has 0 saturated carbocycles. The Bertz CT molecular complexity index is 1550. The first kappa shape index (κ1) is 33.2. The molecule has 0 aromatic heterocycles. The fraction of sp³-hybridized carbons (Fsp3) is 0.167. The van der Waals surface area contributed by atoms with E-state index in [-0.39, 0.29) is 6.03 Å². The lowest BCUT2D eigenvalue weighted by Gasteiger charge is -2.25. The van der Waals surface area contributed by atoms with Crippen LogP contribution in [0.25, 0.3) is 24.3 Å². The van der Waals surface area contributed by atoms with E-state index in [9.17, 15) is 9.59 Å². The lowest BCUT2D eigenvalue weighted by molar-refractivity contribution is 0.197. The molecule has 0 atom stereocenters. The van der Waals surface area contributed by atoms with Crippen LogP contribution in [0.2, 0.25) is 0 Å². The number of alkyl halides is 1. The van der Waals surface area contributed by atoms with E-state index in [1.165, 1.54) is 0 Å². The molecule has 0 spiro atoms. The zero-order valence-corrected chi connectivity index (χ0v) is 26.9. The smallest absolute Gasteiger partial charge is 0.326 e. The zero-order chi connectivity index (χ0) is 32.0. The number of benzene rings is 4. The second-order valence-corrected chi connectivity index (χ2v) is 10.6. The first-order valence-electron chi connectivity index (χ1n) is 14.4. The van der Waals surface area contributed by atoms with E-state index in [1.807, 2.05) is 121 Å². The van der Waals surface area contributed by atoms with Gasteiger partial charge in [-0.3, -0.25) is 9.80 Å². The van der Waals surface area contributed by atoms with Crippen molar-refractivity contribution < 1.29 is 19.1 Å². The predicted octanol–water partition coefficient (Wildman–Crippen LogP) is 8.08. The number of nitrogens with one attached hydrogen (secondary N) is 1. The van der Waals surface area contributed by atoms with Crippen molar-refractivity contribution in [1.29, 1.82) is 0 Å². The molecule has 2 aliphatic heterocycles. The normalized spacial score (nSPS) is 12.0. The van der Waals surface area contributed by atoms with Gasteiger partial charge in [0.2, 0.25) is 0 Å². The lowest BCUT2D eigenvalue weighted by atomic mass is 10.1. The molecular formula is C36H37BrN4O4. The molecule has 2 aliphatic rings. The highest BCUT2D eigenvalue weighted by Crippen LogP contribution is 2.37. The minimum absolute atomic E-state index is 0.152. The van der Waals surface area contributed by atoms with E-state index in [4.69, 9.17) is 10.5 Å². The molecule has 0 fully saturated rings. The minimum Gasteiger partial charge on any atom is -0.384 e. The highest BCUT2D eigenvalue weighted by atomic mass is 79.9. The Hall–Kier alpha value is -4.70. The van der Waals surface area contributed by atoms with Gasteiger partial charge in [0.05, 0.1) is 36.0 Å². The predicted molar refractivity (Wildman–Crippen MR) is 188 cm³/mol. The van der Waals surface area contributed by atoms with Crippen molar-refractivity contribution >= 4 is 75.0 Å². The van der Waals surface area contributed by atoms with Gasteiger partial charge >= 0.3 is 12.1 Å². The molecule has 3 N–H and O–H groups in total. The molecule has 0 aliphatic carbocycles. The van der Waals surface area contributed by atoms with Gasteiger partial charge in [-0.15, -0.1) is 0 Å². The summed E-state index contributed by atoms with van der Waals surface area (Å²) in [5.74, 6) is 0. The number of carbonyl (C=O) groups is 2. The number of fused-ring (bicyclic) bond motifs is 4. The van der Waals surface area contributed by atoms with E-state index in [0.29, 0.717) is 13.2 Å². The van der Waals surface area contributed by atoms with Crippen LogP contribution in [0.5, 0.6) is 0 Å². The van der Waals surface area contributed by atoms with Gasteiger partial charge in [0.25, 0.3) is 0 Å². The fourth-order valence-corrected chi connectivity index (χ4v) is 5.14. The number of nitrogens with zero attached hydrogens (tertiary/aromatic N) is 2. The number of anilines is 4. The highest BCUT2D eigenvalue weighted by molar-refractivity contribution is 9.09. The number of primary amides is 1. The number of hydrogen-bond donors (Lipinski definition) is 2. The van der Waals surface area contributed by atoms with E-state index in [0.717, 1.165) is 56.9 Å². The highest BCUT2D eigenvalue weighted by Gasteiger charge is 2.23. The van der Waals surface area contributed by atoms with Gasteiger partial charge in [-0.05, 0) is 46.5 Å². The number of hydrogen-bond acceptors (Lipinski definition) is 4. The van der Waals surface area contributed by atoms with E-state index in [2.05, 4.69) is 26.0 Å². The van der Waals surface area contributed by atoms with Gasteiger partial charge in [-0.2, -0.15) is 0 Å². The number of carbonyl (C=O) groups excluding carboxylic acids is 2. The van der Waals surface area contributed by atoms with E-state index in [1.54, 1.807) is 24.0 Å². The third kappa shape index (κ3) is 8.48. The summed E-state index contributed by atoms with van der Waals surface area (Å²) in [4.78, 5) is 27.7. The average Bonchev–Trinajstić information content (AvgIpc) is 3.34. The third-order valence-corrected chi connectivity index (χ3v) is 7.21. The number of para-hydroxylation sites is 4. The maximum Gasteiger partial charge on any atom is 0.326 e. The van der Waals surface area contributed by atoms with Gasteiger partial charge in [0, 0.05) is 26.1 Å². The first-order valence-corrected chi connectivity index (χ1v) is 15.6. The first-order chi connectivity index (χ1) is 22.0. The summed E-state index contributed by atoms with van der Waals surface area (Å²) < 4.78 is 9.64. The number of rotatable bonds is 5. The molecule has 0 unspecified atom stereocenters. The Morgan fingerprint density at radius 2 is 0.978 bits per heavy atom. The monoisotopic (exact) mass is 668 g/mol. The number of halogens is 1. The zero-order valence-electron chi connectivity index (χ0n) is 25.4. The van der Waals surface area contributed by atoms with Crippen molar-refractivity contribution in [3.8, 4) is 0 Å². The van der Waals surface area contributed by atoms with Crippen LogP contribution in [0.15, 0.2) is 97.1 Å². The van der Waals surface area contributed by atoms with Gasteiger partial charge in [-0.1, -0.05) is 113 Å². The minimum atomic E-state index is -0.474. The molecule has 9 heteroatoms. The summed E-state index contributed by atoms with van der Waals surface area (Å²) in [5, 5.41) is 3.83. The standard InChI is InChI=1S/C18H18N2O2.C15H12N2O.C3H7BrO/c1-22-13-12-19-18(21)20-16-8-4-2-6-14(16)10-11-15-7-3-5-9-17(15)20;16-15(18)17-13-7-3-1-5-11(13)9-10-12-6-2-4-8-14(12)17;1-5-3-2-4/h2-11H,12-13H2,1H3,(H,19,21);1-10H,(H2,16,18);2-3H2,1H3. The van der Waals surface area contributed by atoms with Gasteiger partial charge in [0.15, 0.2) is 0 Å². The van der Waals surface area contributed by atoms with Crippen LogP contribution in [-0.4, -0.2) is 51.4 Å². The second-order valence-electron chi connectivity index (χ2n) is 9.82. The largest absolute Gasteiger partial charge is 0.384 e. The number of ether oxygens (including phenoxy) is 2. The summed E-state index contributed by atoms with van der Waals surface area (Å²) >= 11 is 3.18. The average molecular weight is 670 g/mol. The number of urea groups is 2. The van der Waals surface area contributed by atoms with Crippen molar-refractivity contribution in [3.05, 3.63) is 119 Å². The molecule has 4 aromatic rings. The molecule has 8 nitrogen and oxygen atoms in total. The van der Waals surface area contributed by atoms with Crippen LogP contribution >= 0.6 is 15.9 Å². The van der Waals surface area contributed by atoms with E-state index >= 15 is 0 Å². The maximum atomic E-state index is 12.7. The van der Waals surface area contributed by atoms with Crippen LogP contribution in [0.4, 0.5) is 32.3 Å². The molecular weight excluding hydrogens is 632 g/mol. The molecule has 0 saturated heterocycles. The SMILES string of the molecule is COCCBr.COCCNC(=O)N1c2ccccc2C=Cc2ccccc21.NC(=O)N1c2ccccc2C=Cc2ccccc21. The third-order valence-electron chi connectivity index (χ3n) is 6.88. The van der Waals surface area contributed by atoms with Crippen LogP contribution in [0.3, 0.4) is 0 Å². The Morgan fingerprint density at radius 1 is 0.622 bits per heavy atom. The van der Waals surface area contributed by atoms with Crippen LogP contribution < -0.4 is 20.9 Å². The number of nitrogens with two attached hydrogens (primary N) is 1.